The maximum atomic E-state index is 11.7. The lowest BCUT2D eigenvalue weighted by Crippen LogP contribution is -2.29. The molecule has 0 aliphatic heterocycles. The summed E-state index contributed by atoms with van der Waals surface area (Å²) in [5, 5.41) is 0. The fourth-order valence-electron chi connectivity index (χ4n) is 1.66. The fourth-order valence-corrected chi connectivity index (χ4v) is 1.66. The average molecular weight is 196 g/mol. The van der Waals surface area contributed by atoms with Crippen molar-refractivity contribution >= 4 is 5.97 Å². The highest BCUT2D eigenvalue weighted by molar-refractivity contribution is 5.78. The van der Waals surface area contributed by atoms with E-state index in [0.717, 1.165) is 32.1 Å². The van der Waals surface area contributed by atoms with Gasteiger partial charge in [0.05, 0.1) is 12.0 Å². The summed E-state index contributed by atoms with van der Waals surface area (Å²) in [7, 11) is 0. The molecule has 0 radical (unpaired) electrons. The van der Waals surface area contributed by atoms with E-state index < -0.39 is 0 Å². The van der Waals surface area contributed by atoms with Crippen molar-refractivity contribution in [1.29, 1.82) is 0 Å². The molecule has 0 fully saturated rings. The minimum atomic E-state index is -0.355. The smallest absolute Gasteiger partial charge is 0.315 e. The highest BCUT2D eigenvalue weighted by Gasteiger charge is 2.32. The summed E-state index contributed by atoms with van der Waals surface area (Å²) >= 11 is 0. The van der Waals surface area contributed by atoms with Gasteiger partial charge in [0.15, 0.2) is 0 Å². The molecule has 1 rings (SSSR count). The Labute approximate surface area is 86.3 Å². The Balaban J connectivity index is 2.41. The predicted molar refractivity (Wildman–Crippen MR) is 57.0 cm³/mol. The van der Waals surface area contributed by atoms with Crippen LogP contribution in [-0.2, 0) is 9.53 Å². The third-order valence-electron chi connectivity index (χ3n) is 2.75. The molecule has 14 heavy (non-hydrogen) atoms. The van der Waals surface area contributed by atoms with Crippen LogP contribution < -0.4 is 0 Å². The van der Waals surface area contributed by atoms with Crippen LogP contribution in [0.1, 0.15) is 46.0 Å². The first-order valence-corrected chi connectivity index (χ1v) is 5.54. The molecule has 80 valence electrons. The molecule has 1 atom stereocenters. The van der Waals surface area contributed by atoms with Crippen LogP contribution in [0.5, 0.6) is 0 Å². The molecule has 1 aliphatic rings. The van der Waals surface area contributed by atoms with Gasteiger partial charge in [-0.05, 0) is 32.6 Å². The SMILES string of the molecule is CCCCOC(=O)C1(C)C=CCCC1. The van der Waals surface area contributed by atoms with E-state index in [0.29, 0.717) is 6.61 Å². The van der Waals surface area contributed by atoms with Crippen molar-refractivity contribution in [2.45, 2.75) is 46.0 Å². The lowest BCUT2D eigenvalue weighted by atomic mass is 9.81. The second kappa shape index (κ2) is 5.18. The molecule has 0 aromatic carbocycles. The van der Waals surface area contributed by atoms with Gasteiger partial charge in [0.1, 0.15) is 0 Å². The Morgan fingerprint density at radius 1 is 1.57 bits per heavy atom. The Morgan fingerprint density at radius 3 is 2.93 bits per heavy atom. The van der Waals surface area contributed by atoms with E-state index in [1.165, 1.54) is 0 Å². The van der Waals surface area contributed by atoms with Crippen LogP contribution >= 0.6 is 0 Å². The maximum absolute atomic E-state index is 11.7. The molecule has 2 nitrogen and oxygen atoms in total. The van der Waals surface area contributed by atoms with Gasteiger partial charge in [-0.15, -0.1) is 0 Å². The Kier molecular flexibility index (Phi) is 4.18. The first-order chi connectivity index (χ1) is 6.69. The largest absolute Gasteiger partial charge is 0.465 e. The quantitative estimate of drug-likeness (QED) is 0.392. The number of carbonyl (C=O) groups excluding carboxylic acids is 1. The van der Waals surface area contributed by atoms with Crippen molar-refractivity contribution in [3.63, 3.8) is 0 Å². The summed E-state index contributed by atoms with van der Waals surface area (Å²) in [5.74, 6) is -0.0538. The zero-order valence-corrected chi connectivity index (χ0v) is 9.21. The van der Waals surface area contributed by atoms with Crippen molar-refractivity contribution in [3.8, 4) is 0 Å². The fraction of sp³-hybridized carbons (Fsp3) is 0.750. The molecule has 0 heterocycles. The third-order valence-corrected chi connectivity index (χ3v) is 2.75. The van der Waals surface area contributed by atoms with Crippen LogP contribution in [0.3, 0.4) is 0 Å². The minimum absolute atomic E-state index is 0.0538. The van der Waals surface area contributed by atoms with Gasteiger partial charge in [-0.1, -0.05) is 25.5 Å². The molecule has 1 aliphatic carbocycles. The maximum Gasteiger partial charge on any atom is 0.315 e. The number of esters is 1. The lowest BCUT2D eigenvalue weighted by molar-refractivity contribution is -0.152. The molecule has 0 saturated carbocycles. The molecule has 0 aromatic heterocycles. The Morgan fingerprint density at radius 2 is 2.36 bits per heavy atom. The number of hydrogen-bond acceptors (Lipinski definition) is 2. The summed E-state index contributed by atoms with van der Waals surface area (Å²) in [6.07, 6.45) is 9.24. The molecule has 2 heteroatoms. The zero-order valence-electron chi connectivity index (χ0n) is 9.21. The summed E-state index contributed by atoms with van der Waals surface area (Å²) < 4.78 is 5.23. The van der Waals surface area contributed by atoms with Crippen molar-refractivity contribution in [2.24, 2.45) is 5.41 Å². The Hall–Kier alpha value is -0.790. The van der Waals surface area contributed by atoms with Gasteiger partial charge >= 0.3 is 5.97 Å². The van der Waals surface area contributed by atoms with Gasteiger partial charge in [0, 0.05) is 0 Å². The predicted octanol–water partition coefficient (Wildman–Crippen LogP) is 3.08. The van der Waals surface area contributed by atoms with Gasteiger partial charge in [-0.3, -0.25) is 4.79 Å². The number of carbonyl (C=O) groups is 1. The van der Waals surface area contributed by atoms with Crippen LogP contribution in [0.15, 0.2) is 12.2 Å². The highest BCUT2D eigenvalue weighted by Crippen LogP contribution is 2.31. The topological polar surface area (TPSA) is 26.3 Å². The summed E-state index contributed by atoms with van der Waals surface area (Å²) in [6, 6.07) is 0. The molecule has 1 unspecified atom stereocenters. The van der Waals surface area contributed by atoms with E-state index in [9.17, 15) is 4.79 Å². The van der Waals surface area contributed by atoms with Gasteiger partial charge in [-0.2, -0.15) is 0 Å². The molecule has 0 amide bonds. The first-order valence-electron chi connectivity index (χ1n) is 5.54. The number of ether oxygens (including phenoxy) is 1. The summed E-state index contributed by atoms with van der Waals surface area (Å²) in [4.78, 5) is 11.7. The van der Waals surface area contributed by atoms with Gasteiger partial charge in [0.2, 0.25) is 0 Å². The standard InChI is InChI=1S/C12H20O2/c1-3-4-10-14-11(13)12(2)8-6-5-7-9-12/h6,8H,3-5,7,9-10H2,1-2H3. The molecule has 0 spiro atoms. The normalized spacial score (nSPS) is 26.1. The van der Waals surface area contributed by atoms with E-state index in [2.05, 4.69) is 13.0 Å². The minimum Gasteiger partial charge on any atom is -0.465 e. The van der Waals surface area contributed by atoms with Crippen molar-refractivity contribution in [2.75, 3.05) is 6.61 Å². The van der Waals surface area contributed by atoms with E-state index >= 15 is 0 Å². The average Bonchev–Trinajstić information content (AvgIpc) is 2.19. The lowest BCUT2D eigenvalue weighted by Gasteiger charge is -2.26. The third kappa shape index (κ3) is 2.86. The molecule has 0 aromatic rings. The van der Waals surface area contributed by atoms with Gasteiger partial charge < -0.3 is 4.74 Å². The van der Waals surface area contributed by atoms with Crippen LogP contribution in [0, 0.1) is 5.41 Å². The van der Waals surface area contributed by atoms with Crippen LogP contribution in [-0.4, -0.2) is 12.6 Å². The van der Waals surface area contributed by atoms with Crippen molar-refractivity contribution in [3.05, 3.63) is 12.2 Å². The van der Waals surface area contributed by atoms with Gasteiger partial charge in [0.25, 0.3) is 0 Å². The molecule has 0 N–H and O–H groups in total. The van der Waals surface area contributed by atoms with E-state index in [4.69, 9.17) is 4.74 Å². The van der Waals surface area contributed by atoms with Crippen LogP contribution in [0.4, 0.5) is 0 Å². The van der Waals surface area contributed by atoms with Crippen LogP contribution in [0.2, 0.25) is 0 Å². The zero-order chi connectivity index (χ0) is 10.4. The van der Waals surface area contributed by atoms with Crippen molar-refractivity contribution in [1.82, 2.24) is 0 Å². The summed E-state index contributed by atoms with van der Waals surface area (Å²) in [6.45, 7) is 4.63. The molecular formula is C12H20O2. The molecule has 0 saturated heterocycles. The summed E-state index contributed by atoms with van der Waals surface area (Å²) in [5.41, 5.74) is -0.355. The second-order valence-corrected chi connectivity index (χ2v) is 4.20. The number of unbranched alkanes of at least 4 members (excludes halogenated alkanes) is 1. The van der Waals surface area contributed by atoms with Crippen LogP contribution in [0.25, 0.3) is 0 Å². The van der Waals surface area contributed by atoms with Crippen molar-refractivity contribution < 1.29 is 9.53 Å². The first kappa shape index (κ1) is 11.3. The van der Waals surface area contributed by atoms with E-state index in [1.807, 2.05) is 13.0 Å². The number of hydrogen-bond donors (Lipinski definition) is 0. The van der Waals surface area contributed by atoms with E-state index in [1.54, 1.807) is 0 Å². The number of allylic oxidation sites excluding steroid dienone is 1. The molecule has 0 bridgehead atoms. The van der Waals surface area contributed by atoms with E-state index in [-0.39, 0.29) is 11.4 Å². The monoisotopic (exact) mass is 196 g/mol. The van der Waals surface area contributed by atoms with Gasteiger partial charge in [-0.25, -0.2) is 0 Å². The highest BCUT2D eigenvalue weighted by atomic mass is 16.5. The second-order valence-electron chi connectivity index (χ2n) is 4.20. The Bertz CT molecular complexity index is 220. The molecular weight excluding hydrogens is 176 g/mol. The number of rotatable bonds is 4.